The minimum Gasteiger partial charge on any atom is -0.349 e. The van der Waals surface area contributed by atoms with Crippen LogP contribution in [0.3, 0.4) is 0 Å². The van der Waals surface area contributed by atoms with Gasteiger partial charge in [0.15, 0.2) is 0 Å². The fraction of sp³-hybridized carbons (Fsp3) is 0.412. The molecule has 1 fully saturated rings. The summed E-state index contributed by atoms with van der Waals surface area (Å²) in [5.41, 5.74) is 0.629. The molecular formula is C17H20FN3O. The van der Waals surface area contributed by atoms with E-state index in [9.17, 15) is 9.18 Å². The average Bonchev–Trinajstić information content (AvgIpc) is 3.12. The van der Waals surface area contributed by atoms with Gasteiger partial charge in [0.25, 0.3) is 0 Å². The van der Waals surface area contributed by atoms with Gasteiger partial charge in [0.1, 0.15) is 5.82 Å². The standard InChI is InChI=1S/C17H20FN3O/c1-2-15(13-3-5-14(18)6-4-13)20-16(22)17(7-8-17)11-21-10-9-19-12-21/h3-6,9-10,12,15H,2,7-8,11H2,1H3,(H,20,22). The molecule has 1 amide bonds. The number of nitrogens with zero attached hydrogens (tertiary/aromatic N) is 2. The molecule has 2 aromatic rings. The zero-order chi connectivity index (χ0) is 15.6. The van der Waals surface area contributed by atoms with Gasteiger partial charge < -0.3 is 9.88 Å². The molecule has 116 valence electrons. The first kappa shape index (κ1) is 14.8. The van der Waals surface area contributed by atoms with E-state index in [-0.39, 0.29) is 23.2 Å². The Morgan fingerprint density at radius 2 is 2.14 bits per heavy atom. The summed E-state index contributed by atoms with van der Waals surface area (Å²) in [6.45, 7) is 2.68. The number of hydrogen-bond acceptors (Lipinski definition) is 2. The van der Waals surface area contributed by atoms with Crippen LogP contribution in [0, 0.1) is 11.2 Å². The van der Waals surface area contributed by atoms with Crippen molar-refractivity contribution in [3.63, 3.8) is 0 Å². The molecule has 0 radical (unpaired) electrons. The van der Waals surface area contributed by atoms with Crippen molar-refractivity contribution in [3.05, 3.63) is 54.4 Å². The third-order valence-corrected chi connectivity index (χ3v) is 4.37. The normalized spacial score (nSPS) is 17.0. The molecule has 1 heterocycles. The monoisotopic (exact) mass is 301 g/mol. The Bertz CT molecular complexity index is 632. The van der Waals surface area contributed by atoms with Gasteiger partial charge in [-0.2, -0.15) is 0 Å². The number of hydrogen-bond donors (Lipinski definition) is 1. The molecule has 0 aliphatic heterocycles. The lowest BCUT2D eigenvalue weighted by atomic mass is 10.0. The first-order valence-electron chi connectivity index (χ1n) is 7.65. The maximum absolute atomic E-state index is 13.0. The first-order chi connectivity index (χ1) is 10.6. The Hall–Kier alpha value is -2.17. The zero-order valence-electron chi connectivity index (χ0n) is 12.6. The second-order valence-corrected chi connectivity index (χ2v) is 6.00. The van der Waals surface area contributed by atoms with Crippen molar-refractivity contribution in [2.45, 2.75) is 38.8 Å². The van der Waals surface area contributed by atoms with E-state index in [1.165, 1.54) is 12.1 Å². The first-order valence-corrected chi connectivity index (χ1v) is 7.65. The summed E-state index contributed by atoms with van der Waals surface area (Å²) in [7, 11) is 0. The summed E-state index contributed by atoms with van der Waals surface area (Å²) in [6, 6.07) is 6.26. The Kier molecular flexibility index (Phi) is 3.96. The molecule has 4 nitrogen and oxygen atoms in total. The Labute approximate surface area is 129 Å². The third kappa shape index (κ3) is 3.03. The predicted molar refractivity (Wildman–Crippen MR) is 81.5 cm³/mol. The summed E-state index contributed by atoms with van der Waals surface area (Å²) < 4.78 is 15.0. The molecule has 0 bridgehead atoms. The van der Waals surface area contributed by atoms with Crippen molar-refractivity contribution < 1.29 is 9.18 Å². The summed E-state index contributed by atoms with van der Waals surface area (Å²) >= 11 is 0. The van der Waals surface area contributed by atoms with Gasteiger partial charge in [-0.25, -0.2) is 9.37 Å². The molecule has 1 aromatic heterocycles. The van der Waals surface area contributed by atoms with E-state index < -0.39 is 0 Å². The van der Waals surface area contributed by atoms with Crippen molar-refractivity contribution in [2.75, 3.05) is 0 Å². The molecule has 1 saturated carbocycles. The van der Waals surface area contributed by atoms with Crippen LogP contribution in [-0.4, -0.2) is 15.5 Å². The van der Waals surface area contributed by atoms with Crippen LogP contribution < -0.4 is 5.32 Å². The number of carbonyl (C=O) groups excluding carboxylic acids is 1. The van der Waals surface area contributed by atoms with Crippen LogP contribution >= 0.6 is 0 Å². The number of nitrogens with one attached hydrogen (secondary N) is 1. The van der Waals surface area contributed by atoms with Crippen molar-refractivity contribution in [2.24, 2.45) is 5.41 Å². The molecule has 1 atom stereocenters. The lowest BCUT2D eigenvalue weighted by Crippen LogP contribution is -2.37. The summed E-state index contributed by atoms with van der Waals surface area (Å²) in [5, 5.41) is 3.12. The van der Waals surface area contributed by atoms with Crippen LogP contribution in [0.4, 0.5) is 4.39 Å². The van der Waals surface area contributed by atoms with Gasteiger partial charge in [-0.05, 0) is 37.0 Å². The maximum atomic E-state index is 13.0. The molecule has 3 rings (SSSR count). The second-order valence-electron chi connectivity index (χ2n) is 6.00. The van der Waals surface area contributed by atoms with Gasteiger partial charge in [-0.3, -0.25) is 4.79 Å². The van der Waals surface area contributed by atoms with Gasteiger partial charge in [-0.1, -0.05) is 19.1 Å². The highest BCUT2D eigenvalue weighted by Gasteiger charge is 2.50. The number of imidazole rings is 1. The zero-order valence-corrected chi connectivity index (χ0v) is 12.6. The molecule has 1 aliphatic carbocycles. The van der Waals surface area contributed by atoms with Crippen molar-refractivity contribution in [1.29, 1.82) is 0 Å². The highest BCUT2D eigenvalue weighted by Crippen LogP contribution is 2.47. The second kappa shape index (κ2) is 5.91. The molecule has 1 N–H and O–H groups in total. The number of rotatable bonds is 6. The molecule has 5 heteroatoms. The van der Waals surface area contributed by atoms with Crippen LogP contribution in [0.25, 0.3) is 0 Å². The Morgan fingerprint density at radius 1 is 1.41 bits per heavy atom. The van der Waals surface area contributed by atoms with Crippen LogP contribution in [0.5, 0.6) is 0 Å². The topological polar surface area (TPSA) is 46.9 Å². The molecule has 1 unspecified atom stereocenters. The van der Waals surface area contributed by atoms with Gasteiger partial charge in [-0.15, -0.1) is 0 Å². The smallest absolute Gasteiger partial charge is 0.228 e. The molecular weight excluding hydrogens is 281 g/mol. The van der Waals surface area contributed by atoms with Crippen LogP contribution in [0.2, 0.25) is 0 Å². The van der Waals surface area contributed by atoms with Crippen molar-refractivity contribution >= 4 is 5.91 Å². The quantitative estimate of drug-likeness (QED) is 0.891. The highest BCUT2D eigenvalue weighted by molar-refractivity contribution is 5.85. The highest BCUT2D eigenvalue weighted by atomic mass is 19.1. The van der Waals surface area contributed by atoms with Crippen LogP contribution in [0.1, 0.15) is 37.8 Å². The van der Waals surface area contributed by atoms with Gasteiger partial charge in [0, 0.05) is 18.9 Å². The van der Waals surface area contributed by atoms with Gasteiger partial charge >= 0.3 is 0 Å². The number of halogens is 1. The molecule has 22 heavy (non-hydrogen) atoms. The lowest BCUT2D eigenvalue weighted by molar-refractivity contribution is -0.127. The fourth-order valence-corrected chi connectivity index (χ4v) is 2.77. The lowest BCUT2D eigenvalue weighted by Gasteiger charge is -2.22. The van der Waals surface area contributed by atoms with E-state index in [0.717, 1.165) is 24.8 Å². The SMILES string of the molecule is CCC(NC(=O)C1(Cn2ccnc2)CC1)c1ccc(F)cc1. The maximum Gasteiger partial charge on any atom is 0.228 e. The molecule has 1 aliphatic rings. The van der Waals surface area contributed by atoms with E-state index in [0.29, 0.717) is 6.54 Å². The minimum atomic E-state index is -0.311. The van der Waals surface area contributed by atoms with E-state index in [4.69, 9.17) is 0 Å². The largest absolute Gasteiger partial charge is 0.349 e. The molecule has 0 saturated heterocycles. The Morgan fingerprint density at radius 3 is 2.68 bits per heavy atom. The minimum absolute atomic E-state index is 0.0756. The molecule has 1 aromatic carbocycles. The van der Waals surface area contributed by atoms with Gasteiger partial charge in [0.05, 0.1) is 17.8 Å². The van der Waals surface area contributed by atoms with E-state index in [1.54, 1.807) is 24.7 Å². The summed E-state index contributed by atoms with van der Waals surface area (Å²) in [6.07, 6.45) is 7.92. The van der Waals surface area contributed by atoms with Crippen molar-refractivity contribution in [3.8, 4) is 0 Å². The Balaban J connectivity index is 1.68. The number of aromatic nitrogens is 2. The van der Waals surface area contributed by atoms with Gasteiger partial charge in [0.2, 0.25) is 5.91 Å². The summed E-state index contributed by atoms with van der Waals surface area (Å²) in [5.74, 6) is -0.180. The number of carbonyl (C=O) groups is 1. The predicted octanol–water partition coefficient (Wildman–Crippen LogP) is 3.07. The molecule has 0 spiro atoms. The van der Waals surface area contributed by atoms with E-state index in [2.05, 4.69) is 10.3 Å². The fourth-order valence-electron chi connectivity index (χ4n) is 2.77. The van der Waals surface area contributed by atoms with Crippen molar-refractivity contribution in [1.82, 2.24) is 14.9 Å². The number of amides is 1. The summed E-state index contributed by atoms with van der Waals surface area (Å²) in [4.78, 5) is 16.7. The average molecular weight is 301 g/mol. The van der Waals surface area contributed by atoms with E-state index >= 15 is 0 Å². The van der Waals surface area contributed by atoms with Crippen LogP contribution in [-0.2, 0) is 11.3 Å². The number of benzene rings is 1. The van der Waals surface area contributed by atoms with E-state index in [1.807, 2.05) is 17.7 Å². The third-order valence-electron chi connectivity index (χ3n) is 4.37. The van der Waals surface area contributed by atoms with Crippen LogP contribution in [0.15, 0.2) is 43.0 Å².